The Hall–Kier alpha value is -0.450. The summed E-state index contributed by atoms with van der Waals surface area (Å²) in [7, 11) is 0. The number of rotatable bonds is 1. The highest BCUT2D eigenvalue weighted by molar-refractivity contribution is 5.87. The number of Topliss-reactive ketones (excluding diaryl/α,β-unsaturated/α-hetero) is 1. The van der Waals surface area contributed by atoms with Crippen molar-refractivity contribution in [3.8, 4) is 0 Å². The number of hydrogen-bond donors (Lipinski definition) is 0. The second-order valence-corrected chi connectivity index (χ2v) is 4.40. The quantitative estimate of drug-likeness (QED) is 0.659. The van der Waals surface area contributed by atoms with Crippen LogP contribution in [0, 0.1) is 0 Å². The Kier molecular flexibility index (Phi) is 2.83. The van der Waals surface area contributed by atoms with Crippen LogP contribution in [0.4, 0.5) is 0 Å². The Morgan fingerprint density at radius 1 is 1.27 bits per heavy atom. The standard InChI is InChI=1S/C11H18O4/c1-3-10(2)9(12)4-5-11(8-15-10)13-6-7-14-11/h3-8H2,1-2H3. The zero-order chi connectivity index (χ0) is 10.9. The zero-order valence-corrected chi connectivity index (χ0v) is 9.38. The van der Waals surface area contributed by atoms with E-state index in [1.165, 1.54) is 0 Å². The van der Waals surface area contributed by atoms with Crippen LogP contribution in [0.25, 0.3) is 0 Å². The van der Waals surface area contributed by atoms with E-state index in [4.69, 9.17) is 14.2 Å². The molecular formula is C11H18O4. The van der Waals surface area contributed by atoms with Gasteiger partial charge in [-0.15, -0.1) is 0 Å². The van der Waals surface area contributed by atoms with Crippen LogP contribution in [-0.4, -0.2) is 37.0 Å². The lowest BCUT2D eigenvalue weighted by Gasteiger charge is -2.28. The molecule has 2 heterocycles. The average Bonchev–Trinajstić information content (AvgIpc) is 2.67. The van der Waals surface area contributed by atoms with Crippen LogP contribution in [-0.2, 0) is 19.0 Å². The molecule has 1 spiro atoms. The monoisotopic (exact) mass is 214 g/mol. The van der Waals surface area contributed by atoms with Gasteiger partial charge >= 0.3 is 0 Å². The van der Waals surface area contributed by atoms with Crippen LogP contribution in [0.15, 0.2) is 0 Å². The van der Waals surface area contributed by atoms with Crippen LogP contribution in [0.5, 0.6) is 0 Å². The largest absolute Gasteiger partial charge is 0.362 e. The van der Waals surface area contributed by atoms with Crippen LogP contribution in [0.3, 0.4) is 0 Å². The average molecular weight is 214 g/mol. The Labute approximate surface area is 89.9 Å². The van der Waals surface area contributed by atoms with Gasteiger partial charge in [-0.3, -0.25) is 4.79 Å². The van der Waals surface area contributed by atoms with Gasteiger partial charge in [-0.2, -0.15) is 0 Å². The summed E-state index contributed by atoms with van der Waals surface area (Å²) in [5, 5.41) is 0. The molecule has 2 aliphatic rings. The second-order valence-electron chi connectivity index (χ2n) is 4.40. The van der Waals surface area contributed by atoms with E-state index in [9.17, 15) is 4.79 Å². The third-order valence-electron chi connectivity index (χ3n) is 3.42. The van der Waals surface area contributed by atoms with Gasteiger partial charge in [0.2, 0.25) is 0 Å². The molecule has 2 aliphatic heterocycles. The van der Waals surface area contributed by atoms with Crippen LogP contribution >= 0.6 is 0 Å². The Morgan fingerprint density at radius 3 is 2.53 bits per heavy atom. The molecule has 1 unspecified atom stereocenters. The van der Waals surface area contributed by atoms with E-state index in [0.717, 1.165) is 0 Å². The van der Waals surface area contributed by atoms with Crippen LogP contribution in [0.2, 0.25) is 0 Å². The molecule has 86 valence electrons. The molecular weight excluding hydrogens is 196 g/mol. The Bertz CT molecular complexity index is 257. The van der Waals surface area contributed by atoms with Gasteiger partial charge < -0.3 is 14.2 Å². The van der Waals surface area contributed by atoms with Crippen molar-refractivity contribution < 1.29 is 19.0 Å². The molecule has 0 aliphatic carbocycles. The van der Waals surface area contributed by atoms with E-state index in [0.29, 0.717) is 39.1 Å². The van der Waals surface area contributed by atoms with Gasteiger partial charge in [0.15, 0.2) is 11.6 Å². The molecule has 0 N–H and O–H groups in total. The summed E-state index contributed by atoms with van der Waals surface area (Å²) in [6.07, 6.45) is 1.79. The molecule has 4 heteroatoms. The molecule has 0 aromatic carbocycles. The molecule has 1 atom stereocenters. The lowest BCUT2D eigenvalue weighted by molar-refractivity contribution is -0.207. The van der Waals surface area contributed by atoms with Gasteiger partial charge in [0.25, 0.3) is 0 Å². The number of ketones is 1. The molecule has 0 radical (unpaired) electrons. The van der Waals surface area contributed by atoms with Gasteiger partial charge in [-0.05, 0) is 13.3 Å². The predicted molar refractivity (Wildman–Crippen MR) is 53.5 cm³/mol. The lowest BCUT2D eigenvalue weighted by Crippen LogP contribution is -2.39. The molecule has 0 amide bonds. The van der Waals surface area contributed by atoms with E-state index in [2.05, 4.69) is 0 Å². The topological polar surface area (TPSA) is 44.8 Å². The van der Waals surface area contributed by atoms with Crippen molar-refractivity contribution in [2.24, 2.45) is 0 Å². The minimum absolute atomic E-state index is 0.154. The van der Waals surface area contributed by atoms with E-state index in [1.807, 2.05) is 13.8 Å². The highest BCUT2D eigenvalue weighted by Crippen LogP contribution is 2.33. The number of ether oxygens (including phenoxy) is 3. The molecule has 0 aromatic heterocycles. The third kappa shape index (κ3) is 1.94. The summed E-state index contributed by atoms with van der Waals surface area (Å²) in [5.41, 5.74) is -0.654. The summed E-state index contributed by atoms with van der Waals surface area (Å²) in [4.78, 5) is 11.9. The SMILES string of the molecule is CCC1(C)OCC2(CCC1=O)OCCO2. The lowest BCUT2D eigenvalue weighted by atomic mass is 9.94. The maximum absolute atomic E-state index is 11.9. The first-order chi connectivity index (χ1) is 7.10. The summed E-state index contributed by atoms with van der Waals surface area (Å²) < 4.78 is 16.8. The minimum atomic E-state index is -0.654. The summed E-state index contributed by atoms with van der Waals surface area (Å²) >= 11 is 0. The van der Waals surface area contributed by atoms with Crippen LogP contribution in [0.1, 0.15) is 33.1 Å². The first-order valence-electron chi connectivity index (χ1n) is 5.55. The van der Waals surface area contributed by atoms with Gasteiger partial charge in [-0.25, -0.2) is 0 Å². The maximum Gasteiger partial charge on any atom is 0.192 e. The van der Waals surface area contributed by atoms with Crippen LogP contribution < -0.4 is 0 Å². The second kappa shape index (κ2) is 3.85. The fourth-order valence-electron chi connectivity index (χ4n) is 2.01. The van der Waals surface area contributed by atoms with E-state index in [1.54, 1.807) is 0 Å². The highest BCUT2D eigenvalue weighted by Gasteiger charge is 2.45. The third-order valence-corrected chi connectivity index (χ3v) is 3.42. The summed E-state index contributed by atoms with van der Waals surface area (Å²) in [6.45, 7) is 5.37. The molecule has 2 saturated heterocycles. The highest BCUT2D eigenvalue weighted by atomic mass is 16.8. The summed E-state index contributed by atoms with van der Waals surface area (Å²) in [6, 6.07) is 0. The fourth-order valence-corrected chi connectivity index (χ4v) is 2.01. The molecule has 0 bridgehead atoms. The molecule has 15 heavy (non-hydrogen) atoms. The molecule has 2 rings (SSSR count). The van der Waals surface area contributed by atoms with Crippen molar-refractivity contribution >= 4 is 5.78 Å². The van der Waals surface area contributed by atoms with E-state index in [-0.39, 0.29) is 5.78 Å². The summed E-state index contributed by atoms with van der Waals surface area (Å²) in [5.74, 6) is -0.497. The van der Waals surface area contributed by atoms with Crippen molar-refractivity contribution in [1.29, 1.82) is 0 Å². The first-order valence-corrected chi connectivity index (χ1v) is 5.55. The van der Waals surface area contributed by atoms with E-state index < -0.39 is 11.4 Å². The fraction of sp³-hybridized carbons (Fsp3) is 0.909. The van der Waals surface area contributed by atoms with Crippen molar-refractivity contribution in [2.75, 3.05) is 19.8 Å². The number of hydrogen-bond acceptors (Lipinski definition) is 4. The molecule has 0 aromatic rings. The molecule has 4 nitrogen and oxygen atoms in total. The van der Waals surface area contributed by atoms with E-state index >= 15 is 0 Å². The van der Waals surface area contributed by atoms with Crippen molar-refractivity contribution in [2.45, 2.75) is 44.5 Å². The molecule has 2 fully saturated rings. The predicted octanol–water partition coefficient (Wildman–Crippen LogP) is 1.28. The Morgan fingerprint density at radius 2 is 1.93 bits per heavy atom. The van der Waals surface area contributed by atoms with Crippen molar-refractivity contribution in [3.05, 3.63) is 0 Å². The Balaban J connectivity index is 2.11. The molecule has 0 saturated carbocycles. The zero-order valence-electron chi connectivity index (χ0n) is 9.38. The minimum Gasteiger partial charge on any atom is -0.362 e. The van der Waals surface area contributed by atoms with Gasteiger partial charge in [0, 0.05) is 12.8 Å². The normalized spacial score (nSPS) is 35.7. The van der Waals surface area contributed by atoms with Crippen molar-refractivity contribution in [3.63, 3.8) is 0 Å². The van der Waals surface area contributed by atoms with Crippen molar-refractivity contribution in [1.82, 2.24) is 0 Å². The van der Waals surface area contributed by atoms with Gasteiger partial charge in [-0.1, -0.05) is 6.92 Å². The van der Waals surface area contributed by atoms with Gasteiger partial charge in [0.1, 0.15) is 12.2 Å². The maximum atomic E-state index is 11.9. The number of carbonyl (C=O) groups excluding carboxylic acids is 1. The number of carbonyl (C=O) groups is 1. The smallest absolute Gasteiger partial charge is 0.192 e. The van der Waals surface area contributed by atoms with Gasteiger partial charge in [0.05, 0.1) is 13.2 Å². The first kappa shape index (κ1) is 11.0.